The van der Waals surface area contributed by atoms with E-state index in [1.54, 1.807) is 10.9 Å². The predicted octanol–water partition coefficient (Wildman–Crippen LogP) is 2.30. The van der Waals surface area contributed by atoms with Gasteiger partial charge in [-0.15, -0.1) is 0 Å². The highest BCUT2D eigenvalue weighted by molar-refractivity contribution is 6.30. The summed E-state index contributed by atoms with van der Waals surface area (Å²) in [5.41, 5.74) is 1.80. The molecule has 2 aromatic rings. The van der Waals surface area contributed by atoms with Gasteiger partial charge in [0.15, 0.2) is 0 Å². The summed E-state index contributed by atoms with van der Waals surface area (Å²) in [5, 5.41) is 18.2. The minimum Gasteiger partial charge on any atom is -0.360 e. The first-order valence-electron chi connectivity index (χ1n) is 5.50. The number of rotatable bonds is 4. The minimum atomic E-state index is -0.517. The summed E-state index contributed by atoms with van der Waals surface area (Å²) < 4.78 is 1.74. The van der Waals surface area contributed by atoms with E-state index in [1.807, 2.05) is 14.0 Å². The Bertz CT molecular complexity index is 626. The van der Waals surface area contributed by atoms with Crippen molar-refractivity contribution < 1.29 is 4.92 Å². The maximum absolute atomic E-state index is 10.9. The number of anilines is 1. The van der Waals surface area contributed by atoms with Gasteiger partial charge in [0.05, 0.1) is 16.1 Å². The molecule has 0 aliphatic carbocycles. The number of nitro groups is 1. The average Bonchev–Trinajstić information content (AvgIpc) is 2.68. The highest BCUT2D eigenvalue weighted by atomic mass is 35.5. The maximum Gasteiger partial charge on any atom is 0.312 e. The molecule has 2 heterocycles. The van der Waals surface area contributed by atoms with Crippen LogP contribution >= 0.6 is 11.6 Å². The van der Waals surface area contributed by atoms with Crippen LogP contribution < -0.4 is 5.32 Å². The van der Waals surface area contributed by atoms with Crippen LogP contribution in [0.1, 0.15) is 11.3 Å². The second-order valence-corrected chi connectivity index (χ2v) is 4.45. The van der Waals surface area contributed by atoms with E-state index in [0.717, 1.165) is 11.3 Å². The van der Waals surface area contributed by atoms with Crippen LogP contribution in [0.15, 0.2) is 18.5 Å². The number of nitrogens with one attached hydrogen (secondary N) is 1. The normalized spacial score (nSPS) is 10.5. The van der Waals surface area contributed by atoms with Crippen LogP contribution in [-0.4, -0.2) is 19.7 Å². The van der Waals surface area contributed by atoms with Crippen LogP contribution in [0.2, 0.25) is 5.02 Å². The van der Waals surface area contributed by atoms with Gasteiger partial charge in [-0.1, -0.05) is 11.6 Å². The standard InChI is InChI=1S/C11H12ClN5O2/c1-7-8(5-15-16(7)2)4-13-11-10(17(18)19)3-9(12)6-14-11/h3,5-6H,4H2,1-2H3,(H,13,14). The van der Waals surface area contributed by atoms with Crippen molar-refractivity contribution in [1.29, 1.82) is 0 Å². The van der Waals surface area contributed by atoms with Crippen LogP contribution in [0.25, 0.3) is 0 Å². The summed E-state index contributed by atoms with van der Waals surface area (Å²) in [6.07, 6.45) is 3.08. The lowest BCUT2D eigenvalue weighted by Gasteiger charge is -2.06. The van der Waals surface area contributed by atoms with E-state index in [0.29, 0.717) is 6.54 Å². The molecule has 7 nitrogen and oxygen atoms in total. The molecule has 0 aliphatic heterocycles. The van der Waals surface area contributed by atoms with Crippen LogP contribution in [0.5, 0.6) is 0 Å². The van der Waals surface area contributed by atoms with E-state index >= 15 is 0 Å². The van der Waals surface area contributed by atoms with E-state index in [4.69, 9.17) is 11.6 Å². The highest BCUT2D eigenvalue weighted by Crippen LogP contribution is 2.25. The molecule has 2 aromatic heterocycles. The first-order chi connectivity index (χ1) is 8.99. The summed E-state index contributed by atoms with van der Waals surface area (Å²) >= 11 is 5.70. The molecule has 0 unspecified atom stereocenters. The number of pyridine rings is 1. The predicted molar refractivity (Wildman–Crippen MR) is 71.2 cm³/mol. The molecule has 19 heavy (non-hydrogen) atoms. The van der Waals surface area contributed by atoms with Gasteiger partial charge in [-0.3, -0.25) is 14.8 Å². The van der Waals surface area contributed by atoms with Crippen LogP contribution in [0.4, 0.5) is 11.5 Å². The van der Waals surface area contributed by atoms with Gasteiger partial charge in [0.25, 0.3) is 0 Å². The quantitative estimate of drug-likeness (QED) is 0.686. The molecule has 1 N–H and O–H groups in total. The summed E-state index contributed by atoms with van der Waals surface area (Å²) in [4.78, 5) is 14.3. The average molecular weight is 282 g/mol. The molecule has 0 saturated carbocycles. The zero-order chi connectivity index (χ0) is 14.0. The Morgan fingerprint density at radius 2 is 2.26 bits per heavy atom. The smallest absolute Gasteiger partial charge is 0.312 e. The van der Waals surface area contributed by atoms with Gasteiger partial charge in [0, 0.05) is 37.1 Å². The monoisotopic (exact) mass is 281 g/mol. The van der Waals surface area contributed by atoms with E-state index in [1.165, 1.54) is 12.3 Å². The zero-order valence-corrected chi connectivity index (χ0v) is 11.2. The summed E-state index contributed by atoms with van der Waals surface area (Å²) in [6, 6.07) is 1.27. The third-order valence-corrected chi connectivity index (χ3v) is 3.02. The van der Waals surface area contributed by atoms with E-state index in [2.05, 4.69) is 15.4 Å². The Labute approximate surface area is 114 Å². The van der Waals surface area contributed by atoms with Crippen molar-refractivity contribution in [1.82, 2.24) is 14.8 Å². The Morgan fingerprint density at radius 3 is 2.84 bits per heavy atom. The molecule has 2 rings (SSSR count). The van der Waals surface area contributed by atoms with E-state index < -0.39 is 4.92 Å². The first kappa shape index (κ1) is 13.3. The largest absolute Gasteiger partial charge is 0.360 e. The highest BCUT2D eigenvalue weighted by Gasteiger charge is 2.16. The third-order valence-electron chi connectivity index (χ3n) is 2.81. The fraction of sp³-hybridized carbons (Fsp3) is 0.273. The molecule has 0 spiro atoms. The van der Waals surface area contributed by atoms with Gasteiger partial charge in [-0.05, 0) is 6.92 Å². The third kappa shape index (κ3) is 2.82. The summed E-state index contributed by atoms with van der Waals surface area (Å²) in [5.74, 6) is 0.192. The molecule has 0 radical (unpaired) electrons. The van der Waals surface area contributed by atoms with Gasteiger partial charge in [0.1, 0.15) is 0 Å². The SMILES string of the molecule is Cc1c(CNc2ncc(Cl)cc2[N+](=O)[O-])cnn1C. The molecule has 0 aliphatic rings. The minimum absolute atomic E-state index is 0.144. The van der Waals surface area contributed by atoms with Crippen molar-refractivity contribution in [3.8, 4) is 0 Å². The Hall–Kier alpha value is -2.15. The molecule has 0 saturated heterocycles. The molecular formula is C11H12ClN5O2. The lowest BCUT2D eigenvalue weighted by molar-refractivity contribution is -0.384. The number of halogens is 1. The molecule has 0 bridgehead atoms. The maximum atomic E-state index is 10.9. The molecule has 0 amide bonds. The van der Waals surface area contributed by atoms with Crippen molar-refractivity contribution in [3.63, 3.8) is 0 Å². The van der Waals surface area contributed by atoms with E-state index in [9.17, 15) is 10.1 Å². The van der Waals surface area contributed by atoms with Gasteiger partial charge < -0.3 is 5.32 Å². The summed E-state index contributed by atoms with van der Waals surface area (Å²) in [7, 11) is 1.84. The molecular weight excluding hydrogens is 270 g/mol. The Morgan fingerprint density at radius 1 is 1.53 bits per heavy atom. The first-order valence-corrected chi connectivity index (χ1v) is 5.88. The van der Waals surface area contributed by atoms with Gasteiger partial charge in [-0.2, -0.15) is 5.10 Å². The topological polar surface area (TPSA) is 85.9 Å². The van der Waals surface area contributed by atoms with Crippen molar-refractivity contribution in [3.05, 3.63) is 44.9 Å². The van der Waals surface area contributed by atoms with Gasteiger partial charge in [-0.25, -0.2) is 4.98 Å². The second kappa shape index (κ2) is 5.23. The lowest BCUT2D eigenvalue weighted by Crippen LogP contribution is -2.05. The Balaban J connectivity index is 2.20. The van der Waals surface area contributed by atoms with Gasteiger partial charge >= 0.3 is 5.69 Å². The molecule has 0 aromatic carbocycles. The van der Waals surface area contributed by atoms with E-state index in [-0.39, 0.29) is 16.5 Å². The van der Waals surface area contributed by atoms with Crippen molar-refractivity contribution >= 4 is 23.1 Å². The number of nitrogens with zero attached hydrogens (tertiary/aromatic N) is 4. The number of hydrogen-bond donors (Lipinski definition) is 1. The number of aryl methyl sites for hydroxylation is 1. The number of hydrogen-bond acceptors (Lipinski definition) is 5. The lowest BCUT2D eigenvalue weighted by atomic mass is 10.2. The Kier molecular flexibility index (Phi) is 3.66. The van der Waals surface area contributed by atoms with Crippen LogP contribution in [-0.2, 0) is 13.6 Å². The zero-order valence-electron chi connectivity index (χ0n) is 10.4. The fourth-order valence-corrected chi connectivity index (χ4v) is 1.75. The van der Waals surface area contributed by atoms with Crippen LogP contribution in [0, 0.1) is 17.0 Å². The van der Waals surface area contributed by atoms with Crippen LogP contribution in [0.3, 0.4) is 0 Å². The summed E-state index contributed by atoms with van der Waals surface area (Å²) in [6.45, 7) is 2.34. The van der Waals surface area contributed by atoms with Gasteiger partial charge in [0.2, 0.25) is 5.82 Å². The molecule has 0 atom stereocenters. The van der Waals surface area contributed by atoms with Crippen molar-refractivity contribution in [2.24, 2.45) is 7.05 Å². The molecule has 100 valence electrons. The second-order valence-electron chi connectivity index (χ2n) is 4.01. The number of aromatic nitrogens is 3. The van der Waals surface area contributed by atoms with Crippen molar-refractivity contribution in [2.75, 3.05) is 5.32 Å². The molecule has 8 heteroatoms. The molecule has 0 fully saturated rings. The van der Waals surface area contributed by atoms with Crippen molar-refractivity contribution in [2.45, 2.75) is 13.5 Å². The fourth-order valence-electron chi connectivity index (χ4n) is 1.60.